The van der Waals surface area contributed by atoms with E-state index in [0.29, 0.717) is 30.9 Å². The maximum atomic E-state index is 14.3. The number of aliphatic hydroxyl groups is 1. The summed E-state index contributed by atoms with van der Waals surface area (Å²) in [6, 6.07) is 13.2. The van der Waals surface area contributed by atoms with Crippen molar-refractivity contribution < 1.29 is 40.9 Å². The van der Waals surface area contributed by atoms with E-state index in [9.17, 15) is 26.7 Å². The maximum Gasteiger partial charge on any atom is 0.271 e. The molecule has 0 unspecified atom stereocenters. The van der Waals surface area contributed by atoms with Gasteiger partial charge in [0.1, 0.15) is 15.7 Å². The number of carbonyl (C=O) groups excluding carboxylic acids is 1. The van der Waals surface area contributed by atoms with Crippen molar-refractivity contribution in [2.45, 2.75) is 67.4 Å². The summed E-state index contributed by atoms with van der Waals surface area (Å²) in [6.07, 6.45) is 1.26. The van der Waals surface area contributed by atoms with Crippen molar-refractivity contribution in [2.24, 2.45) is 5.92 Å². The molecule has 4 rings (SSSR count). The summed E-state index contributed by atoms with van der Waals surface area (Å²) in [5.41, 5.74) is 0.318. The van der Waals surface area contributed by atoms with Crippen LogP contribution >= 0.6 is 11.3 Å². The predicted molar refractivity (Wildman–Crippen MR) is 185 cm³/mol. The summed E-state index contributed by atoms with van der Waals surface area (Å²) in [4.78, 5) is 15.9. The van der Waals surface area contributed by atoms with Crippen molar-refractivity contribution in [2.75, 3.05) is 45.2 Å². The SMILES string of the molecule is COc1ccc(S(=O)(=O)N(C)C[C@@H]2OCCCC[C@@H](C)Oc3ccc(NS(=O)(=O)c4cccs4)cc3C(=O)N([C@@H](C)CO)C[C@H]2C)cc1. The van der Waals surface area contributed by atoms with Gasteiger partial charge in [-0.1, -0.05) is 13.0 Å². The van der Waals surface area contributed by atoms with E-state index in [1.807, 2.05) is 13.8 Å². The molecule has 1 aliphatic rings. The first-order valence-electron chi connectivity index (χ1n) is 15.8. The van der Waals surface area contributed by atoms with Crippen molar-refractivity contribution in [3.05, 3.63) is 65.5 Å². The van der Waals surface area contributed by atoms with Crippen molar-refractivity contribution in [1.29, 1.82) is 0 Å². The number of hydrogen-bond acceptors (Lipinski definition) is 10. The zero-order valence-electron chi connectivity index (χ0n) is 27.9. The number of rotatable bonds is 10. The first kappa shape index (κ1) is 37.6. The lowest BCUT2D eigenvalue weighted by atomic mass is 10.0. The first-order chi connectivity index (χ1) is 22.8. The second-order valence-corrected chi connectivity index (χ2v) is 16.9. The molecule has 0 aliphatic carbocycles. The number of hydrogen-bond donors (Lipinski definition) is 2. The average molecular weight is 724 g/mol. The maximum absolute atomic E-state index is 14.3. The minimum absolute atomic E-state index is 0.0236. The van der Waals surface area contributed by atoms with Crippen LogP contribution in [0.2, 0.25) is 0 Å². The fourth-order valence-corrected chi connectivity index (χ4v) is 8.58. The van der Waals surface area contributed by atoms with Crippen LogP contribution in [0.5, 0.6) is 11.5 Å². The molecule has 0 saturated carbocycles. The number of methoxy groups -OCH3 is 1. The highest BCUT2D eigenvalue weighted by Gasteiger charge is 2.32. The Morgan fingerprint density at radius 1 is 1.10 bits per heavy atom. The van der Waals surface area contributed by atoms with Gasteiger partial charge in [-0.15, -0.1) is 11.3 Å². The van der Waals surface area contributed by atoms with Gasteiger partial charge in [0.2, 0.25) is 10.0 Å². The number of sulfonamides is 2. The number of carbonyl (C=O) groups is 1. The molecule has 0 spiro atoms. The molecule has 1 aliphatic heterocycles. The Morgan fingerprint density at radius 3 is 2.48 bits per heavy atom. The lowest BCUT2D eigenvalue weighted by Crippen LogP contribution is -2.48. The molecule has 2 aromatic carbocycles. The Labute approximate surface area is 287 Å². The van der Waals surface area contributed by atoms with E-state index in [4.69, 9.17) is 14.2 Å². The Bertz CT molecular complexity index is 1720. The Kier molecular flexibility index (Phi) is 12.9. The van der Waals surface area contributed by atoms with Gasteiger partial charge < -0.3 is 24.2 Å². The number of ether oxygens (including phenoxy) is 3. The second kappa shape index (κ2) is 16.5. The molecule has 2 N–H and O–H groups in total. The molecule has 0 radical (unpaired) electrons. The molecule has 48 heavy (non-hydrogen) atoms. The number of fused-ring (bicyclic) bond motifs is 1. The molecule has 15 heteroatoms. The molecule has 12 nitrogen and oxygen atoms in total. The van der Waals surface area contributed by atoms with Crippen molar-refractivity contribution in [1.82, 2.24) is 9.21 Å². The van der Waals surface area contributed by atoms with E-state index in [-0.39, 0.29) is 52.1 Å². The van der Waals surface area contributed by atoms with E-state index < -0.39 is 38.1 Å². The molecule has 1 aromatic heterocycles. The normalized spacial score (nSPS) is 20.8. The van der Waals surface area contributed by atoms with Crippen LogP contribution in [0.4, 0.5) is 5.69 Å². The van der Waals surface area contributed by atoms with Gasteiger partial charge in [-0.25, -0.2) is 16.8 Å². The number of thiophene rings is 1. The molecule has 264 valence electrons. The molecule has 2 heterocycles. The molecular weight excluding hydrogens is 679 g/mol. The molecule has 0 bridgehead atoms. The lowest BCUT2D eigenvalue weighted by molar-refractivity contribution is -0.00833. The summed E-state index contributed by atoms with van der Waals surface area (Å²) >= 11 is 1.08. The number of benzene rings is 2. The smallest absolute Gasteiger partial charge is 0.271 e. The van der Waals surface area contributed by atoms with Crippen molar-refractivity contribution in [3.8, 4) is 11.5 Å². The van der Waals surface area contributed by atoms with E-state index in [0.717, 1.165) is 17.8 Å². The van der Waals surface area contributed by atoms with Gasteiger partial charge in [0.25, 0.3) is 15.9 Å². The molecule has 0 fully saturated rings. The third-order valence-electron chi connectivity index (χ3n) is 8.27. The Morgan fingerprint density at radius 2 is 1.83 bits per heavy atom. The number of amides is 1. The Balaban J connectivity index is 1.66. The fraction of sp³-hybridized carbons (Fsp3) is 0.485. The van der Waals surface area contributed by atoms with Crippen LogP contribution in [0.3, 0.4) is 0 Å². The summed E-state index contributed by atoms with van der Waals surface area (Å²) < 4.78 is 74.6. The number of nitrogens with one attached hydrogen (secondary N) is 1. The zero-order chi connectivity index (χ0) is 35.1. The van der Waals surface area contributed by atoms with E-state index >= 15 is 0 Å². The van der Waals surface area contributed by atoms with E-state index in [2.05, 4.69) is 4.72 Å². The quantitative estimate of drug-likeness (QED) is 0.304. The summed E-state index contributed by atoms with van der Waals surface area (Å²) in [5.74, 6) is -0.0128. The van der Waals surface area contributed by atoms with E-state index in [1.54, 1.807) is 42.6 Å². The number of nitrogens with zero attached hydrogens (tertiary/aromatic N) is 2. The van der Waals surface area contributed by atoms with Crippen molar-refractivity contribution in [3.63, 3.8) is 0 Å². The van der Waals surface area contributed by atoms with Crippen LogP contribution in [-0.2, 0) is 24.8 Å². The van der Waals surface area contributed by atoms with Gasteiger partial charge in [-0.2, -0.15) is 4.31 Å². The van der Waals surface area contributed by atoms with Crippen LogP contribution in [0.15, 0.2) is 69.1 Å². The van der Waals surface area contributed by atoms with Gasteiger partial charge in [-0.05, 0) is 87.0 Å². The molecular formula is C33H45N3O9S3. The third-order valence-corrected chi connectivity index (χ3v) is 12.9. The molecule has 1 amide bonds. The lowest BCUT2D eigenvalue weighted by Gasteiger charge is -2.35. The largest absolute Gasteiger partial charge is 0.497 e. The second-order valence-electron chi connectivity index (χ2n) is 12.0. The number of anilines is 1. The molecule has 0 saturated heterocycles. The average Bonchev–Trinajstić information content (AvgIpc) is 3.62. The number of aliphatic hydroxyl groups excluding tert-OH is 1. The Hall–Kier alpha value is -3.21. The van der Waals surface area contributed by atoms with Crippen LogP contribution in [0.25, 0.3) is 0 Å². The minimum Gasteiger partial charge on any atom is -0.497 e. The molecule has 4 atom stereocenters. The van der Waals surface area contributed by atoms with Crippen LogP contribution in [-0.4, -0.2) is 95.8 Å². The van der Waals surface area contributed by atoms with Crippen LogP contribution in [0, 0.1) is 5.92 Å². The highest BCUT2D eigenvalue weighted by molar-refractivity contribution is 7.94. The standard InChI is InChI=1S/C33H45N3O9S3/c1-23-20-36(24(2)22-37)33(38)29-19-26(34-47(39,40)32-10-8-18-46-32)11-16-30(29)45-25(3)9-6-7-17-44-31(23)21-35(4)48(41,42)28-14-12-27(43-5)13-15-28/h8,10-16,18-19,23-25,31,34,37H,6-7,9,17,20-22H2,1-5H3/t23-,24+,25-,31+/m1/s1. The summed E-state index contributed by atoms with van der Waals surface area (Å²) in [7, 11) is -4.76. The number of likely N-dealkylation sites (N-methyl/N-ethyl adjacent to an activating group) is 1. The van der Waals surface area contributed by atoms with Crippen molar-refractivity contribution >= 4 is 43.0 Å². The first-order valence-corrected chi connectivity index (χ1v) is 19.6. The van der Waals surface area contributed by atoms with Gasteiger partial charge in [0.15, 0.2) is 0 Å². The highest BCUT2D eigenvalue weighted by Crippen LogP contribution is 2.30. The zero-order valence-corrected chi connectivity index (χ0v) is 30.3. The summed E-state index contributed by atoms with van der Waals surface area (Å²) in [6.45, 7) is 5.65. The van der Waals surface area contributed by atoms with Gasteiger partial charge in [0.05, 0.1) is 42.4 Å². The van der Waals surface area contributed by atoms with Gasteiger partial charge in [-0.3, -0.25) is 9.52 Å². The highest BCUT2D eigenvalue weighted by atomic mass is 32.2. The van der Waals surface area contributed by atoms with Gasteiger partial charge >= 0.3 is 0 Å². The topological polar surface area (TPSA) is 152 Å². The van der Waals surface area contributed by atoms with E-state index in [1.165, 1.54) is 47.6 Å². The third kappa shape index (κ3) is 9.27. The van der Waals surface area contributed by atoms with Crippen LogP contribution < -0.4 is 14.2 Å². The van der Waals surface area contributed by atoms with Crippen LogP contribution in [0.1, 0.15) is 50.4 Å². The van der Waals surface area contributed by atoms with Gasteiger partial charge in [0, 0.05) is 38.3 Å². The monoisotopic (exact) mass is 723 g/mol. The molecule has 3 aromatic rings. The summed E-state index contributed by atoms with van der Waals surface area (Å²) in [5, 5.41) is 11.9. The predicted octanol–water partition coefficient (Wildman–Crippen LogP) is 4.67. The fourth-order valence-electron chi connectivity index (χ4n) is 5.35. The minimum atomic E-state index is -3.89.